The van der Waals surface area contributed by atoms with Crippen molar-refractivity contribution in [1.29, 1.82) is 0 Å². The molecule has 0 fully saturated rings. The van der Waals surface area contributed by atoms with Gasteiger partial charge in [-0.3, -0.25) is 14.4 Å². The van der Waals surface area contributed by atoms with Crippen LogP contribution in [0.3, 0.4) is 0 Å². The second-order valence-corrected chi connectivity index (χ2v) is 8.22. The van der Waals surface area contributed by atoms with Crippen molar-refractivity contribution in [2.75, 3.05) is 21.3 Å². The Kier molecular flexibility index (Phi) is 17.6. The van der Waals surface area contributed by atoms with E-state index in [0.29, 0.717) is 28.4 Å². The highest BCUT2D eigenvalue weighted by atomic mass is 16.5. The molecule has 0 amide bonds. The molecule has 212 valence electrons. The molecule has 0 radical (unpaired) electrons. The Labute approximate surface area is 237 Å². The summed E-state index contributed by atoms with van der Waals surface area (Å²) >= 11 is 0. The van der Waals surface area contributed by atoms with Gasteiger partial charge >= 0.3 is 0 Å². The van der Waals surface area contributed by atoms with E-state index >= 15 is 0 Å². The average Bonchev–Trinajstić information content (AvgIpc) is 2.96. The maximum Gasteiger partial charge on any atom is 0.161 e. The van der Waals surface area contributed by atoms with Crippen LogP contribution >= 0.6 is 0 Å². The molecule has 0 aliphatic heterocycles. The SMILES string of the molecule is C=C(C)C=O.C=C(C)C=O.C=C(C)Oc1ccc2cc(OC)ccc2c1.COc1ccc(/C=C/C=O)cc1OC. The topological polar surface area (TPSA) is 88.1 Å². The number of ether oxygens (including phenoxy) is 4. The zero-order valence-corrected chi connectivity index (χ0v) is 24.1. The molecule has 0 N–H and O–H groups in total. The summed E-state index contributed by atoms with van der Waals surface area (Å²) < 4.78 is 20.8. The van der Waals surface area contributed by atoms with E-state index in [9.17, 15) is 14.4 Å². The van der Waals surface area contributed by atoms with Crippen LogP contribution in [0.15, 0.2) is 97.3 Å². The molecule has 0 heterocycles. The summed E-state index contributed by atoms with van der Waals surface area (Å²) in [5.74, 6) is 3.69. The smallest absolute Gasteiger partial charge is 0.161 e. The molecule has 0 saturated carbocycles. The Hall–Kier alpha value is -4.91. The molecule has 40 heavy (non-hydrogen) atoms. The monoisotopic (exact) mass is 546 g/mol. The Morgan fingerprint density at radius 2 is 1.15 bits per heavy atom. The number of aldehydes is 3. The van der Waals surface area contributed by atoms with Crippen LogP contribution in [-0.4, -0.2) is 40.2 Å². The highest BCUT2D eigenvalue weighted by Crippen LogP contribution is 2.28. The predicted molar refractivity (Wildman–Crippen MR) is 162 cm³/mol. The fourth-order valence-electron chi connectivity index (χ4n) is 2.70. The molecule has 0 spiro atoms. The Morgan fingerprint density at radius 3 is 1.57 bits per heavy atom. The van der Waals surface area contributed by atoms with E-state index in [-0.39, 0.29) is 0 Å². The van der Waals surface area contributed by atoms with Crippen LogP contribution in [-0.2, 0) is 14.4 Å². The van der Waals surface area contributed by atoms with Crippen LogP contribution in [0.1, 0.15) is 26.3 Å². The summed E-state index contributed by atoms with van der Waals surface area (Å²) in [5, 5.41) is 2.26. The number of carbonyl (C=O) groups excluding carboxylic acids is 3. The molecule has 0 atom stereocenters. The minimum Gasteiger partial charge on any atom is -0.497 e. The molecule has 0 aliphatic carbocycles. The Morgan fingerprint density at radius 1 is 0.650 bits per heavy atom. The van der Waals surface area contributed by atoms with Gasteiger partial charge in [-0.15, -0.1) is 0 Å². The van der Waals surface area contributed by atoms with Crippen LogP contribution in [0.5, 0.6) is 23.0 Å². The highest BCUT2D eigenvalue weighted by molar-refractivity contribution is 5.85. The summed E-state index contributed by atoms with van der Waals surface area (Å²) in [6, 6.07) is 17.3. The summed E-state index contributed by atoms with van der Waals surface area (Å²) in [6.07, 6.45) is 5.31. The number of carbonyl (C=O) groups is 3. The molecule has 0 saturated heterocycles. The van der Waals surface area contributed by atoms with Crippen molar-refractivity contribution in [3.63, 3.8) is 0 Å². The zero-order chi connectivity index (χ0) is 30.5. The number of fused-ring (bicyclic) bond motifs is 1. The fourth-order valence-corrected chi connectivity index (χ4v) is 2.70. The standard InChI is InChI=1S/C14H14O2.C11H12O3.2C4H6O/c1-10(2)16-14-7-5-11-8-13(15-3)6-4-12(11)9-14;1-13-10-6-5-9(4-3-7-12)8-11(10)14-2;2*1-4(2)3-5/h4-9H,1H2,2-3H3;3-8H,1-2H3;2*3H,1H2,2H3/b;4-3+;;. The number of hydrogen-bond donors (Lipinski definition) is 0. The second-order valence-electron chi connectivity index (χ2n) is 8.22. The van der Waals surface area contributed by atoms with Gasteiger partial charge < -0.3 is 18.9 Å². The van der Waals surface area contributed by atoms with Gasteiger partial charge in [-0.25, -0.2) is 0 Å². The lowest BCUT2D eigenvalue weighted by molar-refractivity contribution is -0.105. The van der Waals surface area contributed by atoms with Gasteiger partial charge in [0, 0.05) is 0 Å². The molecule has 0 bridgehead atoms. The second kappa shape index (κ2) is 20.1. The van der Waals surface area contributed by atoms with Gasteiger partial charge in [0.05, 0.1) is 27.1 Å². The van der Waals surface area contributed by atoms with Crippen molar-refractivity contribution in [2.45, 2.75) is 20.8 Å². The van der Waals surface area contributed by atoms with Crippen LogP contribution in [0.4, 0.5) is 0 Å². The third kappa shape index (κ3) is 14.7. The molecule has 7 heteroatoms. The molecule has 3 aromatic rings. The van der Waals surface area contributed by atoms with E-state index < -0.39 is 0 Å². The Bertz CT molecular complexity index is 1300. The highest BCUT2D eigenvalue weighted by Gasteiger charge is 2.02. The molecular formula is C33H38O7. The van der Waals surface area contributed by atoms with Gasteiger partial charge in [0.2, 0.25) is 0 Å². The van der Waals surface area contributed by atoms with Crippen molar-refractivity contribution in [2.24, 2.45) is 0 Å². The van der Waals surface area contributed by atoms with Crippen molar-refractivity contribution in [3.8, 4) is 23.0 Å². The van der Waals surface area contributed by atoms with Crippen LogP contribution in [0.2, 0.25) is 0 Å². The minimum atomic E-state index is 0.574. The number of benzene rings is 3. The van der Waals surface area contributed by atoms with Crippen molar-refractivity contribution < 1.29 is 33.3 Å². The molecule has 3 rings (SSSR count). The molecule has 0 unspecified atom stereocenters. The summed E-state index contributed by atoms with van der Waals surface area (Å²) in [7, 11) is 4.82. The van der Waals surface area contributed by atoms with Crippen LogP contribution in [0.25, 0.3) is 16.8 Å². The number of allylic oxidation sites excluding steroid dienone is 4. The van der Waals surface area contributed by atoms with Gasteiger partial charge in [-0.2, -0.15) is 0 Å². The van der Waals surface area contributed by atoms with Gasteiger partial charge in [0.25, 0.3) is 0 Å². The average molecular weight is 547 g/mol. The lowest BCUT2D eigenvalue weighted by Gasteiger charge is -2.07. The van der Waals surface area contributed by atoms with Gasteiger partial charge in [0.15, 0.2) is 11.5 Å². The summed E-state index contributed by atoms with van der Waals surface area (Å²) in [4.78, 5) is 28.9. The van der Waals surface area contributed by atoms with E-state index in [1.165, 1.54) is 6.08 Å². The molecule has 0 aromatic heterocycles. The maximum atomic E-state index is 10.1. The first-order valence-corrected chi connectivity index (χ1v) is 12.0. The fraction of sp³-hybridized carbons (Fsp3) is 0.182. The van der Waals surface area contributed by atoms with Crippen molar-refractivity contribution in [1.82, 2.24) is 0 Å². The predicted octanol–water partition coefficient (Wildman–Crippen LogP) is 7.20. The zero-order valence-electron chi connectivity index (χ0n) is 24.1. The third-order valence-corrected chi connectivity index (χ3v) is 4.49. The largest absolute Gasteiger partial charge is 0.497 e. The van der Waals surface area contributed by atoms with E-state index in [2.05, 4.69) is 19.7 Å². The lowest BCUT2D eigenvalue weighted by atomic mass is 10.1. The quantitative estimate of drug-likeness (QED) is 0.159. The maximum absolute atomic E-state index is 10.1. The van der Waals surface area contributed by atoms with Gasteiger partial charge in [-0.05, 0) is 90.7 Å². The van der Waals surface area contributed by atoms with E-state index in [0.717, 1.165) is 46.7 Å². The number of methoxy groups -OCH3 is 3. The van der Waals surface area contributed by atoms with Crippen LogP contribution < -0.4 is 18.9 Å². The van der Waals surface area contributed by atoms with Crippen molar-refractivity contribution >= 4 is 35.7 Å². The lowest BCUT2D eigenvalue weighted by Crippen LogP contribution is -1.90. The number of rotatable bonds is 9. The van der Waals surface area contributed by atoms with Crippen molar-refractivity contribution in [3.05, 3.63) is 103 Å². The summed E-state index contributed by atoms with van der Waals surface area (Å²) in [6.45, 7) is 15.5. The van der Waals surface area contributed by atoms with Gasteiger partial charge in [-0.1, -0.05) is 44.0 Å². The van der Waals surface area contributed by atoms with E-state index in [1.54, 1.807) is 53.4 Å². The van der Waals surface area contributed by atoms with Crippen LogP contribution in [0, 0.1) is 0 Å². The Balaban J connectivity index is 0.000000575. The van der Waals surface area contributed by atoms with E-state index in [1.807, 2.05) is 49.4 Å². The third-order valence-electron chi connectivity index (χ3n) is 4.49. The van der Waals surface area contributed by atoms with E-state index in [4.69, 9.17) is 18.9 Å². The summed E-state index contributed by atoms with van der Waals surface area (Å²) in [5.41, 5.74) is 2.05. The minimum absolute atomic E-state index is 0.574. The first kappa shape index (κ1) is 35.1. The molecular weight excluding hydrogens is 508 g/mol. The van der Waals surface area contributed by atoms with Gasteiger partial charge in [0.1, 0.15) is 30.4 Å². The first-order valence-electron chi connectivity index (χ1n) is 12.0. The molecule has 0 aliphatic rings. The molecule has 3 aromatic carbocycles. The molecule has 7 nitrogen and oxygen atoms in total. The number of hydrogen-bond acceptors (Lipinski definition) is 7. The normalized spacial score (nSPS) is 9.25. The first-order chi connectivity index (χ1) is 19.0.